The van der Waals surface area contributed by atoms with Gasteiger partial charge in [0.1, 0.15) is 0 Å². The van der Waals surface area contributed by atoms with Crippen molar-refractivity contribution in [1.29, 1.82) is 0 Å². The normalized spacial score (nSPS) is 25.4. The zero-order valence-electron chi connectivity index (χ0n) is 12.5. The third-order valence-electron chi connectivity index (χ3n) is 4.78. The Hall–Kier alpha value is -1.03. The second-order valence-corrected chi connectivity index (χ2v) is 7.18. The van der Waals surface area contributed by atoms with Crippen LogP contribution in [0.2, 0.25) is 0 Å². The molecule has 1 aromatic rings. The van der Waals surface area contributed by atoms with Gasteiger partial charge in [0.25, 0.3) is 0 Å². The number of aromatic nitrogens is 1. The lowest BCUT2D eigenvalue weighted by Gasteiger charge is -2.44. The monoisotopic (exact) mass is 304 g/mol. The van der Waals surface area contributed by atoms with Crippen molar-refractivity contribution in [2.75, 3.05) is 12.3 Å². The molecule has 1 aliphatic carbocycles. The van der Waals surface area contributed by atoms with Crippen molar-refractivity contribution < 1.29 is 4.79 Å². The molecule has 3 nitrogen and oxygen atoms in total. The highest BCUT2D eigenvalue weighted by Crippen LogP contribution is 2.35. The van der Waals surface area contributed by atoms with E-state index in [0.717, 1.165) is 18.2 Å². The molecular weight excluding hydrogens is 280 g/mol. The zero-order chi connectivity index (χ0) is 14.5. The number of nitrogens with zero attached hydrogens (tertiary/aromatic N) is 2. The third-order valence-corrected chi connectivity index (χ3v) is 5.77. The highest BCUT2D eigenvalue weighted by molar-refractivity contribution is 7.99. The number of carbonyl (C=O) groups excluding carboxylic acids is 1. The van der Waals surface area contributed by atoms with Gasteiger partial charge in [-0.05, 0) is 43.2 Å². The van der Waals surface area contributed by atoms with Gasteiger partial charge in [-0.25, -0.2) is 0 Å². The molecule has 2 atom stereocenters. The number of carbonyl (C=O) groups is 1. The Morgan fingerprint density at radius 3 is 3.00 bits per heavy atom. The standard InChI is InChI=1S/C17H24N2OS/c20-17(13-21-12-14-5-3-9-18-11-14)19-10-4-7-15-6-1-2-8-16(15)19/h3,5,9,11,15-16H,1-2,4,6-8,10,12-13H2/t15-,16-/m1/s1. The van der Waals surface area contributed by atoms with Crippen LogP contribution >= 0.6 is 11.8 Å². The van der Waals surface area contributed by atoms with E-state index in [0.29, 0.717) is 17.7 Å². The second-order valence-electron chi connectivity index (χ2n) is 6.20. The Morgan fingerprint density at radius 2 is 2.14 bits per heavy atom. The van der Waals surface area contributed by atoms with E-state index in [1.54, 1.807) is 18.0 Å². The first-order chi connectivity index (χ1) is 10.3. The van der Waals surface area contributed by atoms with E-state index in [1.807, 2.05) is 12.3 Å². The number of hydrogen-bond acceptors (Lipinski definition) is 3. The van der Waals surface area contributed by atoms with Crippen molar-refractivity contribution in [3.8, 4) is 0 Å². The van der Waals surface area contributed by atoms with E-state index in [9.17, 15) is 4.79 Å². The fourth-order valence-corrected chi connectivity index (χ4v) is 4.61. The minimum atomic E-state index is 0.348. The number of likely N-dealkylation sites (tertiary alicyclic amines) is 1. The smallest absolute Gasteiger partial charge is 0.232 e. The summed E-state index contributed by atoms with van der Waals surface area (Å²) in [5, 5.41) is 0. The van der Waals surface area contributed by atoms with Gasteiger partial charge >= 0.3 is 0 Å². The van der Waals surface area contributed by atoms with Crippen molar-refractivity contribution in [1.82, 2.24) is 9.88 Å². The van der Waals surface area contributed by atoms with Crippen molar-refractivity contribution in [2.24, 2.45) is 5.92 Å². The molecule has 2 aliphatic rings. The molecule has 2 fully saturated rings. The van der Waals surface area contributed by atoms with E-state index >= 15 is 0 Å². The van der Waals surface area contributed by atoms with Crippen LogP contribution in [-0.4, -0.2) is 34.1 Å². The Bertz CT molecular complexity index is 463. The first-order valence-electron chi connectivity index (χ1n) is 8.11. The minimum Gasteiger partial charge on any atom is -0.339 e. The number of fused-ring (bicyclic) bond motifs is 1. The first-order valence-corrected chi connectivity index (χ1v) is 9.26. The van der Waals surface area contributed by atoms with Gasteiger partial charge in [0.15, 0.2) is 0 Å². The summed E-state index contributed by atoms with van der Waals surface area (Å²) in [4.78, 5) is 18.8. The number of pyridine rings is 1. The maximum atomic E-state index is 12.5. The number of amides is 1. The summed E-state index contributed by atoms with van der Waals surface area (Å²) in [7, 11) is 0. The van der Waals surface area contributed by atoms with Gasteiger partial charge in [-0.2, -0.15) is 0 Å². The van der Waals surface area contributed by atoms with E-state index in [-0.39, 0.29) is 0 Å². The molecule has 3 rings (SSSR count). The summed E-state index contributed by atoms with van der Waals surface area (Å²) in [6, 6.07) is 4.57. The minimum absolute atomic E-state index is 0.348. The average molecular weight is 304 g/mol. The predicted molar refractivity (Wildman–Crippen MR) is 87.1 cm³/mol. The molecular formula is C17H24N2OS. The van der Waals surface area contributed by atoms with Crippen molar-refractivity contribution >= 4 is 17.7 Å². The Morgan fingerprint density at radius 1 is 1.29 bits per heavy atom. The molecule has 0 N–H and O–H groups in total. The van der Waals surface area contributed by atoms with Crippen molar-refractivity contribution in [3.05, 3.63) is 30.1 Å². The van der Waals surface area contributed by atoms with Gasteiger partial charge in [-0.3, -0.25) is 9.78 Å². The number of piperidine rings is 1. The van der Waals surface area contributed by atoms with Crippen LogP contribution in [-0.2, 0) is 10.5 Å². The van der Waals surface area contributed by atoms with Crippen LogP contribution in [0.1, 0.15) is 44.1 Å². The molecule has 0 bridgehead atoms. The maximum Gasteiger partial charge on any atom is 0.232 e. The molecule has 1 aromatic heterocycles. The van der Waals surface area contributed by atoms with Gasteiger partial charge < -0.3 is 4.90 Å². The quantitative estimate of drug-likeness (QED) is 0.853. The van der Waals surface area contributed by atoms with Gasteiger partial charge in [-0.1, -0.05) is 18.9 Å². The highest BCUT2D eigenvalue weighted by Gasteiger charge is 2.35. The molecule has 0 aromatic carbocycles. The third kappa shape index (κ3) is 3.79. The molecule has 4 heteroatoms. The van der Waals surface area contributed by atoms with Crippen LogP contribution in [0.5, 0.6) is 0 Å². The van der Waals surface area contributed by atoms with Gasteiger partial charge in [0, 0.05) is 30.7 Å². The summed E-state index contributed by atoms with van der Waals surface area (Å²) in [5.74, 6) is 2.61. The lowest BCUT2D eigenvalue weighted by Crippen LogP contribution is -2.50. The zero-order valence-corrected chi connectivity index (χ0v) is 13.4. The summed E-state index contributed by atoms with van der Waals surface area (Å²) in [6.07, 6.45) is 11.4. The maximum absolute atomic E-state index is 12.5. The van der Waals surface area contributed by atoms with E-state index in [1.165, 1.54) is 44.1 Å². The summed E-state index contributed by atoms with van der Waals surface area (Å²) in [6.45, 7) is 0.980. The van der Waals surface area contributed by atoms with Crippen LogP contribution in [0.4, 0.5) is 0 Å². The number of rotatable bonds is 4. The lowest BCUT2D eigenvalue weighted by molar-refractivity contribution is -0.134. The Labute approximate surface area is 131 Å². The molecule has 1 saturated carbocycles. The SMILES string of the molecule is O=C(CSCc1cccnc1)N1CCC[C@H]2CCCC[C@H]21. The molecule has 0 unspecified atom stereocenters. The fraction of sp³-hybridized carbons (Fsp3) is 0.647. The van der Waals surface area contributed by atoms with E-state index in [4.69, 9.17) is 0 Å². The summed E-state index contributed by atoms with van der Waals surface area (Å²) in [5.41, 5.74) is 1.20. The van der Waals surface area contributed by atoms with Crippen LogP contribution in [0.3, 0.4) is 0 Å². The molecule has 0 spiro atoms. The first kappa shape index (κ1) is 14.9. The molecule has 0 radical (unpaired) electrons. The number of hydrogen-bond donors (Lipinski definition) is 0. The summed E-state index contributed by atoms with van der Waals surface area (Å²) >= 11 is 1.72. The predicted octanol–water partition coefficient (Wildman–Crippen LogP) is 3.50. The van der Waals surface area contributed by atoms with Gasteiger partial charge in [0.05, 0.1) is 5.75 Å². The van der Waals surface area contributed by atoms with Crippen LogP contribution in [0, 0.1) is 5.92 Å². The lowest BCUT2D eigenvalue weighted by atomic mass is 9.78. The van der Waals surface area contributed by atoms with Crippen molar-refractivity contribution in [3.63, 3.8) is 0 Å². The fourth-order valence-electron chi connectivity index (χ4n) is 3.76. The molecule has 21 heavy (non-hydrogen) atoms. The van der Waals surface area contributed by atoms with Crippen molar-refractivity contribution in [2.45, 2.75) is 50.3 Å². The molecule has 2 heterocycles. The molecule has 1 amide bonds. The topological polar surface area (TPSA) is 33.2 Å². The van der Waals surface area contributed by atoms with Crippen LogP contribution in [0.25, 0.3) is 0 Å². The molecule has 1 aliphatic heterocycles. The largest absolute Gasteiger partial charge is 0.339 e. The van der Waals surface area contributed by atoms with E-state index in [2.05, 4.69) is 16.0 Å². The van der Waals surface area contributed by atoms with Gasteiger partial charge in [0.2, 0.25) is 5.91 Å². The Kier molecular flexibility index (Phi) is 5.17. The van der Waals surface area contributed by atoms with Crippen LogP contribution < -0.4 is 0 Å². The highest BCUT2D eigenvalue weighted by atomic mass is 32.2. The van der Waals surface area contributed by atoms with E-state index < -0.39 is 0 Å². The summed E-state index contributed by atoms with van der Waals surface area (Å²) < 4.78 is 0. The average Bonchev–Trinajstić information content (AvgIpc) is 2.55. The second kappa shape index (κ2) is 7.30. The molecule has 114 valence electrons. The van der Waals surface area contributed by atoms with Crippen LogP contribution in [0.15, 0.2) is 24.5 Å². The Balaban J connectivity index is 1.50. The van der Waals surface area contributed by atoms with Gasteiger partial charge in [-0.15, -0.1) is 11.8 Å². The molecule has 1 saturated heterocycles. The number of thioether (sulfide) groups is 1.